The third-order valence-corrected chi connectivity index (χ3v) is 5.72. The molecule has 3 aromatic rings. The number of carbonyl (C=O) groups is 1. The van der Waals surface area contributed by atoms with Crippen molar-refractivity contribution in [2.24, 2.45) is 12.8 Å². The molecule has 0 fully saturated rings. The molecule has 0 radical (unpaired) electrons. The SMILES string of the molecule is Cn1ncc(Cl)c1-c1cc(C(=O)NC(CN)c2cccc(Cl)c2)sc1Cl. The highest BCUT2D eigenvalue weighted by Gasteiger charge is 2.21. The van der Waals surface area contributed by atoms with E-state index in [-0.39, 0.29) is 18.5 Å². The zero-order valence-electron chi connectivity index (χ0n) is 13.7. The molecule has 9 heteroatoms. The van der Waals surface area contributed by atoms with Crippen LogP contribution in [0.2, 0.25) is 14.4 Å². The molecule has 0 saturated heterocycles. The highest BCUT2D eigenvalue weighted by molar-refractivity contribution is 7.18. The fraction of sp³-hybridized carbons (Fsp3) is 0.176. The summed E-state index contributed by atoms with van der Waals surface area (Å²) in [6.45, 7) is 0.242. The van der Waals surface area contributed by atoms with Crippen LogP contribution in [0.3, 0.4) is 0 Å². The molecule has 136 valence electrons. The maximum absolute atomic E-state index is 12.7. The number of halogens is 3. The van der Waals surface area contributed by atoms with E-state index in [9.17, 15) is 4.79 Å². The van der Waals surface area contributed by atoms with Gasteiger partial charge in [-0.1, -0.05) is 46.9 Å². The number of amides is 1. The minimum Gasteiger partial charge on any atom is -0.343 e. The molecule has 26 heavy (non-hydrogen) atoms. The first-order chi connectivity index (χ1) is 12.4. The van der Waals surface area contributed by atoms with Crippen LogP contribution in [-0.2, 0) is 7.05 Å². The van der Waals surface area contributed by atoms with Gasteiger partial charge in [0.2, 0.25) is 0 Å². The summed E-state index contributed by atoms with van der Waals surface area (Å²) in [6, 6.07) is 8.58. The Bertz CT molecular complexity index is 934. The Morgan fingerprint density at radius 3 is 2.73 bits per heavy atom. The van der Waals surface area contributed by atoms with E-state index >= 15 is 0 Å². The third kappa shape index (κ3) is 3.89. The molecular formula is C17H15Cl3N4OS. The van der Waals surface area contributed by atoms with E-state index in [0.29, 0.717) is 30.5 Å². The van der Waals surface area contributed by atoms with Crippen molar-refractivity contribution < 1.29 is 4.79 Å². The smallest absolute Gasteiger partial charge is 0.261 e. The average Bonchev–Trinajstić information content (AvgIpc) is 3.14. The number of carbonyl (C=O) groups excluding carboxylic acids is 1. The first kappa shape index (κ1) is 19.2. The largest absolute Gasteiger partial charge is 0.343 e. The van der Waals surface area contributed by atoms with Gasteiger partial charge in [0.1, 0.15) is 4.34 Å². The number of rotatable bonds is 5. The maximum atomic E-state index is 12.7. The van der Waals surface area contributed by atoms with Crippen LogP contribution >= 0.6 is 46.1 Å². The van der Waals surface area contributed by atoms with Gasteiger partial charge in [0.05, 0.1) is 27.8 Å². The zero-order chi connectivity index (χ0) is 18.8. The van der Waals surface area contributed by atoms with Crippen LogP contribution < -0.4 is 11.1 Å². The molecule has 1 amide bonds. The number of thiophene rings is 1. The predicted molar refractivity (Wildman–Crippen MR) is 107 cm³/mol. The Morgan fingerprint density at radius 2 is 2.12 bits per heavy atom. The van der Waals surface area contributed by atoms with Crippen LogP contribution in [0, 0.1) is 0 Å². The van der Waals surface area contributed by atoms with E-state index in [1.54, 1.807) is 29.9 Å². The molecule has 2 heterocycles. The van der Waals surface area contributed by atoms with Crippen LogP contribution in [0.5, 0.6) is 0 Å². The summed E-state index contributed by atoms with van der Waals surface area (Å²) >= 11 is 19.7. The minimum absolute atomic E-state index is 0.242. The van der Waals surface area contributed by atoms with E-state index in [1.807, 2.05) is 12.1 Å². The monoisotopic (exact) mass is 428 g/mol. The Hall–Kier alpha value is -1.57. The highest BCUT2D eigenvalue weighted by atomic mass is 35.5. The van der Waals surface area contributed by atoms with Gasteiger partial charge in [-0.25, -0.2) is 0 Å². The lowest BCUT2D eigenvalue weighted by Gasteiger charge is -2.17. The Kier molecular flexibility index (Phi) is 5.89. The molecule has 0 saturated carbocycles. The third-order valence-electron chi connectivity index (χ3n) is 3.85. The fourth-order valence-electron chi connectivity index (χ4n) is 2.59. The van der Waals surface area contributed by atoms with Crippen LogP contribution in [-0.4, -0.2) is 22.2 Å². The van der Waals surface area contributed by atoms with Gasteiger partial charge in [-0.05, 0) is 23.8 Å². The number of hydrogen-bond acceptors (Lipinski definition) is 4. The second-order valence-electron chi connectivity index (χ2n) is 5.58. The molecule has 0 aliphatic rings. The molecule has 1 unspecified atom stereocenters. The molecule has 1 atom stereocenters. The first-order valence-electron chi connectivity index (χ1n) is 7.64. The number of hydrogen-bond donors (Lipinski definition) is 2. The number of nitrogens with one attached hydrogen (secondary N) is 1. The summed E-state index contributed by atoms with van der Waals surface area (Å²) in [7, 11) is 1.76. The Morgan fingerprint density at radius 1 is 1.35 bits per heavy atom. The van der Waals surface area contributed by atoms with Crippen LogP contribution in [0.25, 0.3) is 11.3 Å². The first-order valence-corrected chi connectivity index (χ1v) is 9.59. The van der Waals surface area contributed by atoms with E-state index in [1.165, 1.54) is 17.5 Å². The van der Waals surface area contributed by atoms with Crippen molar-refractivity contribution in [2.75, 3.05) is 6.54 Å². The standard InChI is InChI=1S/C17H15Cl3N4OS/c1-24-15(12(19)8-22-24)11-6-14(26-16(11)20)17(25)23-13(7-21)9-3-2-4-10(18)5-9/h2-6,8,13H,7,21H2,1H3,(H,23,25). The van der Waals surface area contributed by atoms with Crippen molar-refractivity contribution in [2.45, 2.75) is 6.04 Å². The van der Waals surface area contributed by atoms with Crippen LogP contribution in [0.15, 0.2) is 36.5 Å². The number of benzene rings is 1. The van der Waals surface area contributed by atoms with Gasteiger partial charge in [-0.3, -0.25) is 9.48 Å². The van der Waals surface area contributed by atoms with Gasteiger partial charge in [-0.2, -0.15) is 5.10 Å². The lowest BCUT2D eigenvalue weighted by Crippen LogP contribution is -2.32. The molecule has 0 spiro atoms. The quantitative estimate of drug-likeness (QED) is 0.625. The molecule has 2 aromatic heterocycles. The zero-order valence-corrected chi connectivity index (χ0v) is 16.8. The highest BCUT2D eigenvalue weighted by Crippen LogP contribution is 2.38. The molecule has 1 aromatic carbocycles. The second kappa shape index (κ2) is 7.98. The number of aryl methyl sites for hydroxylation is 1. The van der Waals surface area contributed by atoms with Gasteiger partial charge in [-0.15, -0.1) is 11.3 Å². The van der Waals surface area contributed by atoms with Gasteiger partial charge in [0.15, 0.2) is 0 Å². The van der Waals surface area contributed by atoms with E-state index in [2.05, 4.69) is 10.4 Å². The van der Waals surface area contributed by atoms with Gasteiger partial charge >= 0.3 is 0 Å². The lowest BCUT2D eigenvalue weighted by molar-refractivity contribution is 0.0942. The number of aromatic nitrogens is 2. The Balaban J connectivity index is 1.85. The summed E-state index contributed by atoms with van der Waals surface area (Å²) in [5.74, 6) is -0.267. The minimum atomic E-state index is -0.356. The topological polar surface area (TPSA) is 72.9 Å². The second-order valence-corrected chi connectivity index (χ2v) is 8.08. The van der Waals surface area contributed by atoms with Crippen molar-refractivity contribution in [3.05, 3.63) is 61.4 Å². The van der Waals surface area contributed by atoms with Crippen molar-refractivity contribution in [3.63, 3.8) is 0 Å². The lowest BCUT2D eigenvalue weighted by atomic mass is 10.1. The molecule has 0 aliphatic carbocycles. The number of nitrogens with zero attached hydrogens (tertiary/aromatic N) is 2. The molecule has 3 rings (SSSR count). The van der Waals surface area contributed by atoms with E-state index in [4.69, 9.17) is 40.5 Å². The van der Waals surface area contributed by atoms with Crippen molar-refractivity contribution in [3.8, 4) is 11.3 Å². The predicted octanol–water partition coefficient (Wildman–Crippen LogP) is 4.54. The van der Waals surface area contributed by atoms with Gasteiger partial charge in [0.25, 0.3) is 5.91 Å². The van der Waals surface area contributed by atoms with Gasteiger partial charge in [0, 0.05) is 24.2 Å². The molecule has 5 nitrogen and oxygen atoms in total. The summed E-state index contributed by atoms with van der Waals surface area (Å²) in [4.78, 5) is 13.1. The Labute approximate surface area is 169 Å². The van der Waals surface area contributed by atoms with Crippen molar-refractivity contribution in [1.82, 2.24) is 15.1 Å². The summed E-state index contributed by atoms with van der Waals surface area (Å²) in [6.07, 6.45) is 1.54. The van der Waals surface area contributed by atoms with Crippen LogP contribution in [0.4, 0.5) is 0 Å². The summed E-state index contributed by atoms with van der Waals surface area (Å²) < 4.78 is 2.08. The van der Waals surface area contributed by atoms with Crippen LogP contribution in [0.1, 0.15) is 21.3 Å². The van der Waals surface area contributed by atoms with Gasteiger partial charge < -0.3 is 11.1 Å². The molecule has 0 bridgehead atoms. The molecular weight excluding hydrogens is 415 g/mol. The number of nitrogens with two attached hydrogens (primary N) is 1. The fourth-order valence-corrected chi connectivity index (χ4v) is 4.23. The molecule has 3 N–H and O–H groups in total. The summed E-state index contributed by atoms with van der Waals surface area (Å²) in [5, 5.41) is 8.07. The normalized spacial score (nSPS) is 12.2. The van der Waals surface area contributed by atoms with E-state index < -0.39 is 0 Å². The van der Waals surface area contributed by atoms with Crippen molar-refractivity contribution in [1.29, 1.82) is 0 Å². The molecule has 0 aliphatic heterocycles. The maximum Gasteiger partial charge on any atom is 0.261 e. The van der Waals surface area contributed by atoms with E-state index in [0.717, 1.165) is 5.56 Å². The average molecular weight is 430 g/mol. The van der Waals surface area contributed by atoms with Crippen molar-refractivity contribution >= 4 is 52.0 Å². The summed E-state index contributed by atoms with van der Waals surface area (Å²) in [5.41, 5.74) is 7.99.